The first kappa shape index (κ1) is 11.7. The van der Waals surface area contributed by atoms with E-state index in [1.54, 1.807) is 17.1 Å². The highest BCUT2D eigenvalue weighted by Gasteiger charge is 2.35. The molecular formula is C13H16N6. The van der Waals surface area contributed by atoms with Crippen molar-refractivity contribution in [2.24, 2.45) is 11.5 Å². The summed E-state index contributed by atoms with van der Waals surface area (Å²) in [6, 6.07) is 10.1. The molecule has 2 aromatic rings. The highest BCUT2D eigenvalue weighted by molar-refractivity contribution is 5.61. The van der Waals surface area contributed by atoms with Gasteiger partial charge in [-0.2, -0.15) is 0 Å². The van der Waals surface area contributed by atoms with Gasteiger partial charge in [0.05, 0.1) is 5.70 Å². The lowest BCUT2D eigenvalue weighted by atomic mass is 9.87. The first-order valence-corrected chi connectivity index (χ1v) is 6.11. The molecule has 3 rings (SSSR count). The molecular weight excluding hydrogens is 240 g/mol. The van der Waals surface area contributed by atoms with Gasteiger partial charge in [0.1, 0.15) is 12.0 Å². The second-order valence-electron chi connectivity index (χ2n) is 4.80. The number of rotatable bonds is 2. The van der Waals surface area contributed by atoms with Crippen molar-refractivity contribution in [3.63, 3.8) is 0 Å². The van der Waals surface area contributed by atoms with E-state index in [9.17, 15) is 0 Å². The van der Waals surface area contributed by atoms with Gasteiger partial charge in [-0.3, -0.25) is 5.43 Å². The average Bonchev–Trinajstić information content (AvgIpc) is 2.87. The van der Waals surface area contributed by atoms with E-state index >= 15 is 0 Å². The molecule has 1 aromatic carbocycles. The second kappa shape index (κ2) is 4.10. The molecule has 0 amide bonds. The van der Waals surface area contributed by atoms with E-state index in [-0.39, 0.29) is 5.92 Å². The van der Waals surface area contributed by atoms with Crippen molar-refractivity contribution >= 4 is 5.70 Å². The van der Waals surface area contributed by atoms with Gasteiger partial charge in [0.25, 0.3) is 0 Å². The summed E-state index contributed by atoms with van der Waals surface area (Å²) in [6.07, 6.45) is 3.36. The van der Waals surface area contributed by atoms with Crippen LogP contribution >= 0.6 is 0 Å². The SMILES string of the molecule is CC(c1ccccc1)C1(N)C=C(N)c2nncn2N1. The first-order chi connectivity index (χ1) is 9.10. The predicted molar refractivity (Wildman–Crippen MR) is 73.3 cm³/mol. The molecule has 0 aliphatic carbocycles. The van der Waals surface area contributed by atoms with Crippen LogP contribution in [0, 0.1) is 0 Å². The van der Waals surface area contributed by atoms with E-state index in [0.29, 0.717) is 11.5 Å². The minimum atomic E-state index is -0.777. The van der Waals surface area contributed by atoms with Gasteiger partial charge in [-0.15, -0.1) is 10.2 Å². The van der Waals surface area contributed by atoms with Crippen LogP contribution in [-0.4, -0.2) is 20.5 Å². The molecule has 6 nitrogen and oxygen atoms in total. The third kappa shape index (κ3) is 1.86. The number of hydrogen-bond acceptors (Lipinski definition) is 5. The van der Waals surface area contributed by atoms with E-state index in [0.717, 1.165) is 5.56 Å². The van der Waals surface area contributed by atoms with Crippen LogP contribution in [0.5, 0.6) is 0 Å². The Bertz CT molecular complexity index is 617. The van der Waals surface area contributed by atoms with Gasteiger partial charge in [0.15, 0.2) is 5.82 Å². The predicted octanol–water partition coefficient (Wildman–Crippen LogP) is 0.594. The Morgan fingerprint density at radius 1 is 1.32 bits per heavy atom. The van der Waals surface area contributed by atoms with Crippen molar-refractivity contribution in [3.8, 4) is 0 Å². The van der Waals surface area contributed by atoms with E-state index in [2.05, 4.69) is 22.5 Å². The van der Waals surface area contributed by atoms with Crippen LogP contribution < -0.4 is 16.9 Å². The second-order valence-corrected chi connectivity index (χ2v) is 4.80. The van der Waals surface area contributed by atoms with E-state index < -0.39 is 5.66 Å². The summed E-state index contributed by atoms with van der Waals surface area (Å²) in [5.74, 6) is 0.629. The molecule has 0 fully saturated rings. The number of hydrogen-bond donors (Lipinski definition) is 3. The van der Waals surface area contributed by atoms with Crippen molar-refractivity contribution in [2.45, 2.75) is 18.5 Å². The van der Waals surface area contributed by atoms with E-state index in [1.165, 1.54) is 0 Å². The molecule has 0 saturated carbocycles. The van der Waals surface area contributed by atoms with Crippen LogP contribution in [0.1, 0.15) is 24.2 Å². The molecule has 6 heteroatoms. The number of benzene rings is 1. The summed E-state index contributed by atoms with van der Waals surface area (Å²) in [5, 5.41) is 7.76. The fourth-order valence-corrected chi connectivity index (χ4v) is 2.32. The topological polar surface area (TPSA) is 94.8 Å². The summed E-state index contributed by atoms with van der Waals surface area (Å²) in [6.45, 7) is 2.06. The van der Waals surface area contributed by atoms with Crippen LogP contribution in [0.2, 0.25) is 0 Å². The van der Waals surface area contributed by atoms with Gasteiger partial charge in [-0.1, -0.05) is 37.3 Å². The van der Waals surface area contributed by atoms with E-state index in [4.69, 9.17) is 11.5 Å². The lowest BCUT2D eigenvalue weighted by Gasteiger charge is -2.38. The zero-order chi connectivity index (χ0) is 13.5. The molecule has 0 radical (unpaired) electrons. The van der Waals surface area contributed by atoms with Crippen molar-refractivity contribution in [1.29, 1.82) is 0 Å². The smallest absolute Gasteiger partial charge is 0.198 e. The van der Waals surface area contributed by atoms with Crippen LogP contribution in [0.15, 0.2) is 42.7 Å². The Morgan fingerprint density at radius 2 is 2.05 bits per heavy atom. The van der Waals surface area contributed by atoms with Crippen LogP contribution in [0.3, 0.4) is 0 Å². The lowest BCUT2D eigenvalue weighted by Crippen LogP contribution is -2.56. The molecule has 19 heavy (non-hydrogen) atoms. The molecule has 1 aromatic heterocycles. The Labute approximate surface area is 111 Å². The molecule has 1 aliphatic heterocycles. The van der Waals surface area contributed by atoms with Crippen LogP contribution in [-0.2, 0) is 0 Å². The summed E-state index contributed by atoms with van der Waals surface area (Å²) in [7, 11) is 0. The first-order valence-electron chi connectivity index (χ1n) is 6.11. The Kier molecular flexibility index (Phi) is 2.53. The molecule has 1 aliphatic rings. The molecule has 2 heterocycles. The van der Waals surface area contributed by atoms with Crippen LogP contribution in [0.4, 0.5) is 0 Å². The van der Waals surface area contributed by atoms with E-state index in [1.807, 2.05) is 30.3 Å². The maximum atomic E-state index is 6.46. The van der Waals surface area contributed by atoms with Gasteiger partial charge in [0, 0.05) is 5.92 Å². The Balaban J connectivity index is 1.99. The van der Waals surface area contributed by atoms with Crippen molar-refractivity contribution in [3.05, 3.63) is 54.1 Å². The number of nitrogens with one attached hydrogen (secondary N) is 1. The Morgan fingerprint density at radius 3 is 2.79 bits per heavy atom. The molecule has 5 N–H and O–H groups in total. The zero-order valence-corrected chi connectivity index (χ0v) is 10.6. The number of nitrogens with zero attached hydrogens (tertiary/aromatic N) is 3. The molecule has 0 saturated heterocycles. The largest absolute Gasteiger partial charge is 0.396 e. The summed E-state index contributed by atoms with van der Waals surface area (Å²) >= 11 is 0. The standard InChI is InChI=1S/C13H16N6/c1-9(10-5-3-2-4-6-10)13(15)7-11(14)12-17-16-8-19(12)18-13/h2-9,18H,14-15H2,1H3. The highest BCUT2D eigenvalue weighted by Crippen LogP contribution is 2.30. The molecule has 2 unspecified atom stereocenters. The molecule has 0 spiro atoms. The van der Waals surface area contributed by atoms with Crippen LogP contribution in [0.25, 0.3) is 5.70 Å². The summed E-state index contributed by atoms with van der Waals surface area (Å²) in [5.41, 5.74) is 16.5. The fourth-order valence-electron chi connectivity index (χ4n) is 2.32. The monoisotopic (exact) mass is 256 g/mol. The zero-order valence-electron chi connectivity index (χ0n) is 10.6. The minimum absolute atomic E-state index is 0.0443. The third-order valence-corrected chi connectivity index (χ3v) is 3.53. The van der Waals surface area contributed by atoms with Gasteiger partial charge >= 0.3 is 0 Å². The molecule has 2 atom stereocenters. The Hall–Kier alpha value is -2.34. The van der Waals surface area contributed by atoms with Gasteiger partial charge in [-0.05, 0) is 11.6 Å². The van der Waals surface area contributed by atoms with Crippen molar-refractivity contribution in [1.82, 2.24) is 14.9 Å². The average molecular weight is 256 g/mol. The lowest BCUT2D eigenvalue weighted by molar-refractivity contribution is 0.447. The maximum Gasteiger partial charge on any atom is 0.198 e. The third-order valence-electron chi connectivity index (χ3n) is 3.53. The van der Waals surface area contributed by atoms with Crippen molar-refractivity contribution < 1.29 is 0 Å². The van der Waals surface area contributed by atoms with Gasteiger partial charge in [0.2, 0.25) is 0 Å². The molecule has 98 valence electrons. The fraction of sp³-hybridized carbons (Fsp3) is 0.231. The number of nitrogens with two attached hydrogens (primary N) is 2. The normalized spacial score (nSPS) is 23.2. The highest BCUT2D eigenvalue weighted by atomic mass is 15.5. The minimum Gasteiger partial charge on any atom is -0.396 e. The summed E-state index contributed by atoms with van der Waals surface area (Å²) in [4.78, 5) is 0. The number of aromatic nitrogens is 3. The van der Waals surface area contributed by atoms with Gasteiger partial charge < -0.3 is 11.5 Å². The quantitative estimate of drug-likeness (QED) is 0.731. The van der Waals surface area contributed by atoms with Gasteiger partial charge in [-0.25, -0.2) is 4.68 Å². The molecule has 0 bridgehead atoms. The summed E-state index contributed by atoms with van der Waals surface area (Å²) < 4.78 is 1.66. The van der Waals surface area contributed by atoms with Crippen molar-refractivity contribution in [2.75, 3.05) is 5.43 Å². The number of fused-ring (bicyclic) bond motifs is 1. The maximum absolute atomic E-state index is 6.46.